The monoisotopic (exact) mass is 358 g/mol. The van der Waals surface area contributed by atoms with Crippen LogP contribution in [0.3, 0.4) is 0 Å². The minimum absolute atomic E-state index is 0. The molecule has 23 heavy (non-hydrogen) atoms. The van der Waals surface area contributed by atoms with Crippen LogP contribution in [0, 0.1) is 6.92 Å². The summed E-state index contributed by atoms with van der Waals surface area (Å²) < 4.78 is 44.4. The third-order valence-corrected chi connectivity index (χ3v) is 3.93. The van der Waals surface area contributed by atoms with Gasteiger partial charge in [0.1, 0.15) is 5.75 Å². The molecule has 1 aromatic rings. The molecule has 1 aliphatic heterocycles. The van der Waals surface area contributed by atoms with Crippen LogP contribution in [0.1, 0.15) is 36.5 Å². The van der Waals surface area contributed by atoms with Crippen molar-refractivity contribution in [3.8, 4) is 5.75 Å². The van der Waals surface area contributed by atoms with Crippen molar-refractivity contribution < 1.29 is 27.8 Å². The Balaban J connectivity index is 0.00000264. The van der Waals surface area contributed by atoms with Gasteiger partial charge in [-0.1, -0.05) is 25.4 Å². The van der Waals surface area contributed by atoms with Crippen LogP contribution in [-0.2, 0) is 4.79 Å². The molecule has 0 spiro atoms. The van der Waals surface area contributed by atoms with E-state index < -0.39 is 23.8 Å². The number of carboxylic acids is 1. The van der Waals surface area contributed by atoms with Crippen LogP contribution in [0.5, 0.6) is 5.75 Å². The molecular formula is C15H15ClF3NaO3. The zero-order valence-corrected chi connectivity index (χ0v) is 12.8. The summed E-state index contributed by atoms with van der Waals surface area (Å²) in [6.45, 7) is 5.20. The Kier molecular flexibility index (Phi) is 6.24. The first-order valence-electron chi connectivity index (χ1n) is 6.55. The van der Waals surface area contributed by atoms with Gasteiger partial charge in [0.25, 0.3) is 0 Å². The van der Waals surface area contributed by atoms with E-state index >= 15 is 0 Å². The van der Waals surface area contributed by atoms with Crippen molar-refractivity contribution in [3.05, 3.63) is 33.4 Å². The molecule has 122 valence electrons. The fraction of sp³-hybridized carbons (Fsp3) is 0.400. The van der Waals surface area contributed by atoms with Crippen LogP contribution in [0.25, 0.3) is 6.08 Å². The Morgan fingerprint density at radius 2 is 1.96 bits per heavy atom. The topological polar surface area (TPSA) is 46.5 Å². The van der Waals surface area contributed by atoms with Gasteiger partial charge in [0.2, 0.25) is 6.10 Å². The van der Waals surface area contributed by atoms with Crippen molar-refractivity contribution in [1.29, 1.82) is 0 Å². The van der Waals surface area contributed by atoms with E-state index in [9.17, 15) is 18.0 Å². The van der Waals surface area contributed by atoms with E-state index in [1.54, 1.807) is 26.8 Å². The Morgan fingerprint density at radius 3 is 2.39 bits per heavy atom. The SMILES string of the molecule is Cc1c(Cl)cc(C(C)C)c2c1C=C(C(=O)O)[C@@H](C(F)(F)F)O2.[NaH]. The summed E-state index contributed by atoms with van der Waals surface area (Å²) in [6.07, 6.45) is -6.30. The summed E-state index contributed by atoms with van der Waals surface area (Å²) in [5.41, 5.74) is 0.440. The van der Waals surface area contributed by atoms with Gasteiger partial charge in [-0.05, 0) is 36.1 Å². The Bertz CT molecular complexity index is 669. The average molecular weight is 359 g/mol. The van der Waals surface area contributed by atoms with Gasteiger partial charge in [0.15, 0.2) is 0 Å². The molecule has 0 aromatic heterocycles. The molecule has 1 heterocycles. The van der Waals surface area contributed by atoms with Gasteiger partial charge in [0, 0.05) is 10.6 Å². The second kappa shape index (κ2) is 7.05. The molecule has 1 aliphatic rings. The second-order valence-corrected chi connectivity index (χ2v) is 5.82. The van der Waals surface area contributed by atoms with Crippen molar-refractivity contribution in [3.63, 3.8) is 0 Å². The maximum atomic E-state index is 13.1. The molecular weight excluding hydrogens is 344 g/mol. The number of aliphatic carboxylic acids is 1. The Labute approximate surface area is 158 Å². The van der Waals surface area contributed by atoms with E-state index in [0.29, 0.717) is 16.1 Å². The van der Waals surface area contributed by atoms with Gasteiger partial charge in [0.05, 0.1) is 5.57 Å². The molecule has 1 N–H and O–H groups in total. The van der Waals surface area contributed by atoms with Crippen molar-refractivity contribution in [2.45, 2.75) is 39.0 Å². The molecule has 3 nitrogen and oxygen atoms in total. The number of fused-ring (bicyclic) bond motifs is 1. The number of carboxylic acid groups (broad SMARTS) is 1. The second-order valence-electron chi connectivity index (χ2n) is 5.41. The number of benzene rings is 1. The van der Waals surface area contributed by atoms with Crippen LogP contribution in [0.4, 0.5) is 13.2 Å². The van der Waals surface area contributed by atoms with Crippen molar-refractivity contribution in [2.24, 2.45) is 0 Å². The van der Waals surface area contributed by atoms with Gasteiger partial charge in [-0.2, -0.15) is 13.2 Å². The fourth-order valence-electron chi connectivity index (χ4n) is 2.33. The van der Waals surface area contributed by atoms with E-state index in [0.717, 1.165) is 6.08 Å². The average Bonchev–Trinajstić information content (AvgIpc) is 2.40. The van der Waals surface area contributed by atoms with Gasteiger partial charge >= 0.3 is 41.7 Å². The first-order chi connectivity index (χ1) is 10.0. The number of ether oxygens (including phenoxy) is 1. The number of hydrogen-bond donors (Lipinski definition) is 1. The summed E-state index contributed by atoms with van der Waals surface area (Å²) in [6, 6.07) is 1.56. The summed E-state index contributed by atoms with van der Waals surface area (Å²) in [5.74, 6) is -1.75. The number of carbonyl (C=O) groups is 1. The normalized spacial score (nSPS) is 17.0. The molecule has 0 fully saturated rings. The molecule has 0 radical (unpaired) electrons. The standard InChI is InChI=1S/C15H14ClF3O3.Na.H/c1-6(2)8-5-11(16)7(3)9-4-10(14(20)21)13(15(17,18)19)22-12(8)9;;/h4-6,13H,1-3H3,(H,20,21);;/t13-;;/m0../s1. The summed E-state index contributed by atoms with van der Waals surface area (Å²) in [7, 11) is 0. The molecule has 8 heteroatoms. The van der Waals surface area contributed by atoms with Crippen LogP contribution in [0.2, 0.25) is 5.02 Å². The Hall–Kier alpha value is -0.690. The zero-order chi connectivity index (χ0) is 16.8. The van der Waals surface area contributed by atoms with Crippen LogP contribution < -0.4 is 4.74 Å². The van der Waals surface area contributed by atoms with E-state index in [1.165, 1.54) is 0 Å². The third-order valence-electron chi connectivity index (χ3n) is 3.54. The number of rotatable bonds is 2. The minimum atomic E-state index is -4.82. The fourth-order valence-corrected chi connectivity index (χ4v) is 2.55. The summed E-state index contributed by atoms with van der Waals surface area (Å²) in [4.78, 5) is 11.2. The molecule has 0 saturated heterocycles. The molecule has 1 atom stereocenters. The van der Waals surface area contributed by atoms with Gasteiger partial charge in [-0.3, -0.25) is 0 Å². The summed E-state index contributed by atoms with van der Waals surface area (Å²) in [5, 5.41) is 9.41. The first-order valence-corrected chi connectivity index (χ1v) is 6.93. The predicted octanol–water partition coefficient (Wildman–Crippen LogP) is 3.91. The van der Waals surface area contributed by atoms with Crippen molar-refractivity contribution in [1.82, 2.24) is 0 Å². The molecule has 0 bridgehead atoms. The van der Waals surface area contributed by atoms with Gasteiger partial charge in [-0.25, -0.2) is 4.79 Å². The number of halogens is 4. The third kappa shape index (κ3) is 3.87. The molecule has 0 unspecified atom stereocenters. The number of alkyl halides is 3. The first kappa shape index (κ1) is 20.4. The van der Waals surface area contributed by atoms with Crippen molar-refractivity contribution >= 4 is 53.2 Å². The molecule has 0 amide bonds. The van der Waals surface area contributed by atoms with Crippen LogP contribution in [0.15, 0.2) is 11.6 Å². The molecule has 0 aliphatic carbocycles. The van der Waals surface area contributed by atoms with E-state index in [1.807, 2.05) is 0 Å². The molecule has 2 rings (SSSR count). The van der Waals surface area contributed by atoms with E-state index in [4.69, 9.17) is 21.4 Å². The predicted molar refractivity (Wildman–Crippen MR) is 83.5 cm³/mol. The van der Waals surface area contributed by atoms with Crippen LogP contribution in [-0.4, -0.2) is 52.9 Å². The zero-order valence-electron chi connectivity index (χ0n) is 12.1. The van der Waals surface area contributed by atoms with Crippen LogP contribution >= 0.6 is 11.6 Å². The Morgan fingerprint density at radius 1 is 1.39 bits per heavy atom. The molecule has 0 saturated carbocycles. The maximum absolute atomic E-state index is 13.1. The van der Waals surface area contributed by atoms with Gasteiger partial charge < -0.3 is 9.84 Å². The summed E-state index contributed by atoms with van der Waals surface area (Å²) >= 11 is 6.09. The molecule has 1 aromatic carbocycles. The number of hydrogen-bond acceptors (Lipinski definition) is 2. The van der Waals surface area contributed by atoms with Crippen molar-refractivity contribution in [2.75, 3.05) is 0 Å². The van der Waals surface area contributed by atoms with Gasteiger partial charge in [-0.15, -0.1) is 0 Å². The quantitative estimate of drug-likeness (QED) is 0.815. The van der Waals surface area contributed by atoms with E-state index in [2.05, 4.69) is 0 Å². The van der Waals surface area contributed by atoms with E-state index in [-0.39, 0.29) is 46.8 Å².